The van der Waals surface area contributed by atoms with E-state index in [1.165, 1.54) is 0 Å². The lowest BCUT2D eigenvalue weighted by atomic mass is 9.71. The van der Waals surface area contributed by atoms with E-state index in [9.17, 15) is 4.11 Å². The summed E-state index contributed by atoms with van der Waals surface area (Å²) >= 11 is 0. The van der Waals surface area contributed by atoms with Gasteiger partial charge in [0.15, 0.2) is 0 Å². The molecule has 0 unspecified atom stereocenters. The molecule has 2 heterocycles. The van der Waals surface area contributed by atoms with Gasteiger partial charge in [-0.25, -0.2) is 4.98 Å². The van der Waals surface area contributed by atoms with Gasteiger partial charge in [-0.1, -0.05) is 151 Å². The van der Waals surface area contributed by atoms with Gasteiger partial charge in [0.2, 0.25) is 0 Å². The maximum Gasteiger partial charge on any atom is 0.149 e. The average molecular weight is 786 g/mol. The van der Waals surface area contributed by atoms with Gasteiger partial charge in [0, 0.05) is 14.9 Å². The Morgan fingerprint density at radius 3 is 1.87 bits per heavy atom. The van der Waals surface area contributed by atoms with Crippen LogP contribution >= 0.6 is 0 Å². The monoisotopic (exact) mass is 785 g/mol. The van der Waals surface area contributed by atoms with Crippen molar-refractivity contribution in [3.8, 4) is 50.5 Å². The molecule has 1 aliphatic rings. The number of benzene rings is 7. The van der Waals surface area contributed by atoms with Crippen LogP contribution < -0.4 is 0 Å². The van der Waals surface area contributed by atoms with E-state index in [0.717, 1.165) is 120 Å². The van der Waals surface area contributed by atoms with Crippen LogP contribution in [-0.4, -0.2) is 9.55 Å². The molecule has 298 valence electrons. The Kier molecular flexibility index (Phi) is 8.74. The molecule has 0 spiro atoms. The fraction of sp³-hybridized carbons (Fsp3) is 0.246. The van der Waals surface area contributed by atoms with Gasteiger partial charge in [0.05, 0.1) is 22.3 Å². The molecule has 1 aliphatic carbocycles. The number of imidazole rings is 1. The molecule has 0 bridgehead atoms. The number of aromatic nitrogens is 2. The maximum absolute atomic E-state index is 9.70. The zero-order chi connectivity index (χ0) is 43.9. The smallest absolute Gasteiger partial charge is 0.149 e. The molecule has 9 aromatic rings. The van der Waals surface area contributed by atoms with Gasteiger partial charge in [0.1, 0.15) is 17.0 Å². The first-order valence-corrected chi connectivity index (χ1v) is 21.5. The Morgan fingerprint density at radius 1 is 0.617 bits per heavy atom. The van der Waals surface area contributed by atoms with E-state index in [2.05, 4.69) is 146 Å². The third kappa shape index (κ3) is 6.84. The summed E-state index contributed by atoms with van der Waals surface area (Å²) in [5, 5.41) is 2.04. The molecule has 3 nitrogen and oxygen atoms in total. The fourth-order valence-corrected chi connectivity index (χ4v) is 9.29. The second-order valence-electron chi connectivity index (χ2n) is 18.0. The Labute approximate surface area is 359 Å². The van der Waals surface area contributed by atoms with Crippen LogP contribution in [0.3, 0.4) is 0 Å². The molecule has 0 aliphatic heterocycles. The summed E-state index contributed by atoms with van der Waals surface area (Å²) in [5.41, 5.74) is 14.4. The molecule has 0 atom stereocenters. The summed E-state index contributed by atoms with van der Waals surface area (Å²) in [4.78, 5) is 5.32. The van der Waals surface area contributed by atoms with Gasteiger partial charge in [-0.2, -0.15) is 0 Å². The molecule has 0 saturated heterocycles. The topological polar surface area (TPSA) is 31.0 Å². The molecule has 1 fully saturated rings. The van der Waals surface area contributed by atoms with Crippen LogP contribution in [0.5, 0.6) is 0 Å². The summed E-state index contributed by atoms with van der Waals surface area (Å²) in [5.74, 6) is -1.91. The van der Waals surface area contributed by atoms with E-state index in [1.54, 1.807) is 0 Å². The summed E-state index contributed by atoms with van der Waals surface area (Å²) in [7, 11) is 0. The molecular formula is C57H54N2O. The Hall–Kier alpha value is -6.19. The average Bonchev–Trinajstić information content (AvgIpc) is 3.85. The zero-order valence-electron chi connectivity index (χ0n) is 38.6. The molecular weight excluding hydrogens is 729 g/mol. The second kappa shape index (κ2) is 15.1. The molecule has 0 radical (unpaired) electrons. The van der Waals surface area contributed by atoms with Crippen LogP contribution in [0.2, 0.25) is 0 Å². The van der Waals surface area contributed by atoms with Crippen LogP contribution in [-0.2, 0) is 0 Å². The molecule has 7 aromatic carbocycles. The number of rotatable bonds is 8. The van der Waals surface area contributed by atoms with E-state index in [4.69, 9.17) is 9.40 Å². The predicted molar refractivity (Wildman–Crippen MR) is 253 cm³/mol. The largest absolute Gasteiger partial charge is 0.455 e. The molecule has 10 rings (SSSR count). The molecule has 3 heteroatoms. The van der Waals surface area contributed by atoms with Crippen molar-refractivity contribution in [2.75, 3.05) is 0 Å². The summed E-state index contributed by atoms with van der Waals surface area (Å²) < 4.78 is 37.6. The lowest BCUT2D eigenvalue weighted by molar-refractivity contribution is 0.224. The highest BCUT2D eigenvalue weighted by Gasteiger charge is 2.28. The van der Waals surface area contributed by atoms with Crippen molar-refractivity contribution in [3.63, 3.8) is 0 Å². The van der Waals surface area contributed by atoms with Gasteiger partial charge in [-0.15, -0.1) is 0 Å². The van der Waals surface area contributed by atoms with Gasteiger partial charge in [-0.3, -0.25) is 4.57 Å². The van der Waals surface area contributed by atoms with E-state index in [1.807, 2.05) is 52.0 Å². The molecule has 0 N–H and O–H groups in total. The molecule has 2 aromatic heterocycles. The van der Waals surface area contributed by atoms with Crippen molar-refractivity contribution in [2.45, 2.75) is 84.9 Å². The fourth-order valence-electron chi connectivity index (χ4n) is 9.29. The quantitative estimate of drug-likeness (QED) is 0.154. The zero-order valence-corrected chi connectivity index (χ0v) is 35.6. The van der Waals surface area contributed by atoms with Crippen LogP contribution in [0, 0.1) is 5.41 Å². The summed E-state index contributed by atoms with van der Waals surface area (Å²) in [6.45, 7) is 12.4. The van der Waals surface area contributed by atoms with Gasteiger partial charge in [-0.05, 0) is 141 Å². The van der Waals surface area contributed by atoms with E-state index < -0.39 is 17.7 Å². The number of hydrogen-bond donors (Lipinski definition) is 0. The third-order valence-electron chi connectivity index (χ3n) is 12.9. The Bertz CT molecular complexity index is 3120. The maximum atomic E-state index is 9.70. The molecule has 60 heavy (non-hydrogen) atoms. The third-order valence-corrected chi connectivity index (χ3v) is 12.9. The minimum Gasteiger partial charge on any atom is -0.455 e. The first kappa shape index (κ1) is 34.7. The highest BCUT2D eigenvalue weighted by atomic mass is 16.3. The van der Waals surface area contributed by atoms with Gasteiger partial charge < -0.3 is 4.42 Å². The van der Waals surface area contributed by atoms with Crippen LogP contribution in [0.25, 0.3) is 83.4 Å². The highest BCUT2D eigenvalue weighted by molar-refractivity contribution is 6.10. The van der Waals surface area contributed by atoms with E-state index in [-0.39, 0.29) is 0 Å². The van der Waals surface area contributed by atoms with Crippen molar-refractivity contribution < 1.29 is 8.53 Å². The van der Waals surface area contributed by atoms with Gasteiger partial charge >= 0.3 is 0 Å². The van der Waals surface area contributed by atoms with Crippen LogP contribution in [0.4, 0.5) is 0 Å². The number of para-hydroxylation sites is 3. The SMILES string of the molecule is [2H]C(C)(C)c1cc(-c2ccc(-c3ccc(C4([2H])CCC(C)(C)CC4)cc3)cc2)cc(C([2H])(C)C)c1-n1c(-c2cccc3c2oc2cc(-c4ccccc4)ccc23)nc2ccccc21. The van der Waals surface area contributed by atoms with Crippen molar-refractivity contribution in [1.29, 1.82) is 0 Å². The first-order valence-electron chi connectivity index (χ1n) is 23.0. The Morgan fingerprint density at radius 2 is 1.20 bits per heavy atom. The normalized spacial score (nSPS) is 16.2. The standard InChI is InChI=1S/C57H54N2O/c1-36(2)49-33-45(42-25-23-40(24-26-42)39-19-21-41(22-20-39)43-29-31-57(5,6)32-30-43)34-50(37(3)4)54(49)59-52-18-11-10-17-51(52)58-56(59)48-16-12-15-47-46-28-27-44(35-53(46)60-55(47)48)38-13-8-7-9-14-38/h7-28,33-37,43H,29-32H2,1-6H3/i36D,37D,43D. The highest BCUT2D eigenvalue weighted by Crippen LogP contribution is 2.45. The lowest BCUT2D eigenvalue weighted by Gasteiger charge is -2.34. The van der Waals surface area contributed by atoms with Gasteiger partial charge in [0.25, 0.3) is 0 Å². The number of fused-ring (bicyclic) bond motifs is 4. The van der Waals surface area contributed by atoms with Crippen molar-refractivity contribution in [3.05, 3.63) is 168 Å². The van der Waals surface area contributed by atoms with Crippen LogP contribution in [0.15, 0.2) is 156 Å². The molecule has 1 saturated carbocycles. The molecule has 0 amide bonds. The Balaban J connectivity index is 1.09. The second-order valence-corrected chi connectivity index (χ2v) is 18.0. The minimum atomic E-state index is -1.04. The van der Waals surface area contributed by atoms with E-state index >= 15 is 0 Å². The number of furan rings is 1. The van der Waals surface area contributed by atoms with Crippen molar-refractivity contribution in [1.82, 2.24) is 9.55 Å². The van der Waals surface area contributed by atoms with Crippen molar-refractivity contribution in [2.24, 2.45) is 5.41 Å². The predicted octanol–water partition coefficient (Wildman–Crippen LogP) is 16.5. The van der Waals surface area contributed by atoms with Crippen molar-refractivity contribution >= 4 is 33.0 Å². The van der Waals surface area contributed by atoms with E-state index in [0.29, 0.717) is 11.2 Å². The first-order chi connectivity index (χ1) is 30.1. The summed E-state index contributed by atoms with van der Waals surface area (Å²) in [6.07, 6.45) is 3.95. The number of nitrogens with zero attached hydrogens (tertiary/aromatic N) is 2. The minimum absolute atomic E-state index is 0.317. The summed E-state index contributed by atoms with van der Waals surface area (Å²) in [6, 6.07) is 52.7. The van der Waals surface area contributed by atoms with Crippen LogP contribution in [0.1, 0.15) is 106 Å². The number of hydrogen-bond acceptors (Lipinski definition) is 2. The lowest BCUT2D eigenvalue weighted by Crippen LogP contribution is -2.20.